The molecule has 0 unspecified atom stereocenters. The van der Waals surface area contributed by atoms with Crippen molar-refractivity contribution >= 4 is 17.9 Å². The van der Waals surface area contributed by atoms with Crippen LogP contribution in [0.25, 0.3) is 0 Å². The Hall–Kier alpha value is -0.260. The summed E-state index contributed by atoms with van der Waals surface area (Å²) in [4.78, 5) is 12.4. The van der Waals surface area contributed by atoms with E-state index >= 15 is 0 Å². The first kappa shape index (κ1) is 11.7. The third-order valence-corrected chi connectivity index (χ3v) is 1.60. The molecule has 0 bridgehead atoms. The molecule has 0 atom stereocenters. The van der Waals surface area contributed by atoms with Gasteiger partial charge in [-0.3, -0.25) is 4.79 Å². The summed E-state index contributed by atoms with van der Waals surface area (Å²) in [5, 5.41) is 2.31. The third-order valence-electron chi connectivity index (χ3n) is 1.45. The van der Waals surface area contributed by atoms with Gasteiger partial charge in [0.1, 0.15) is 0 Å². The number of nitrogens with zero attached hydrogens (tertiary/aromatic N) is 1. The minimum atomic E-state index is -0.282. The van der Waals surface area contributed by atoms with E-state index in [9.17, 15) is 4.79 Å². The van der Waals surface area contributed by atoms with Crippen molar-refractivity contribution in [3.05, 3.63) is 0 Å². The molecule has 0 saturated carbocycles. The molecule has 0 aromatic heterocycles. The second-order valence-corrected chi connectivity index (χ2v) is 2.93. The summed E-state index contributed by atoms with van der Waals surface area (Å²) in [6.07, 6.45) is 0. The Labute approximate surface area is 78.7 Å². The molecule has 0 aliphatic rings. The monoisotopic (exact) mass is 192 g/mol. The Kier molecular flexibility index (Phi) is 7.23. The fourth-order valence-corrected chi connectivity index (χ4v) is 0.824. The average Bonchev–Trinajstić information content (AvgIpc) is 2.00. The number of thiol groups is 1. The van der Waals surface area contributed by atoms with Gasteiger partial charge in [-0.25, -0.2) is 0 Å². The van der Waals surface area contributed by atoms with Gasteiger partial charge in [-0.15, -0.1) is 0 Å². The number of amides is 1. The smallest absolute Gasteiger partial charge is 0.276 e. The lowest BCUT2D eigenvalue weighted by Crippen LogP contribution is -2.32. The fraction of sp³-hybridized carbons (Fsp3) is 0.857. The Bertz CT molecular complexity index is 133. The number of nitrogens with one attached hydrogen (secondary N) is 1. The van der Waals surface area contributed by atoms with Crippen molar-refractivity contribution in [1.82, 2.24) is 10.2 Å². The standard InChI is InChI=1S/C7H16N2O2S/c1-9(5-6-11-2)4-3-8-7(10)12/h3-6H2,1-2H3,(H2,8,10,12). The predicted molar refractivity (Wildman–Crippen MR) is 51.8 cm³/mol. The van der Waals surface area contributed by atoms with E-state index in [0.29, 0.717) is 13.2 Å². The number of carbonyl (C=O) groups excluding carboxylic acids is 1. The Morgan fingerprint density at radius 2 is 2.25 bits per heavy atom. The van der Waals surface area contributed by atoms with E-state index in [2.05, 4.69) is 22.8 Å². The topological polar surface area (TPSA) is 41.6 Å². The van der Waals surface area contributed by atoms with E-state index in [1.54, 1.807) is 7.11 Å². The first-order valence-corrected chi connectivity index (χ1v) is 4.26. The van der Waals surface area contributed by atoms with Gasteiger partial charge in [0.25, 0.3) is 5.24 Å². The summed E-state index contributed by atoms with van der Waals surface area (Å²) in [7, 11) is 3.65. The molecule has 0 radical (unpaired) electrons. The number of rotatable bonds is 6. The predicted octanol–water partition coefficient (Wildman–Crippen LogP) is 0.204. The van der Waals surface area contributed by atoms with Crippen molar-refractivity contribution in [2.45, 2.75) is 0 Å². The van der Waals surface area contributed by atoms with Gasteiger partial charge in [-0.2, -0.15) is 0 Å². The fourth-order valence-electron chi connectivity index (χ4n) is 0.713. The van der Waals surface area contributed by atoms with E-state index in [0.717, 1.165) is 13.1 Å². The molecule has 1 amide bonds. The van der Waals surface area contributed by atoms with Crippen LogP contribution in [0.1, 0.15) is 0 Å². The maximum absolute atomic E-state index is 10.3. The van der Waals surface area contributed by atoms with Crippen LogP contribution >= 0.6 is 12.6 Å². The molecule has 0 rings (SSSR count). The SMILES string of the molecule is COCCN(C)CCNC(=O)S. The van der Waals surface area contributed by atoms with Crippen molar-refractivity contribution in [2.24, 2.45) is 0 Å². The lowest BCUT2D eigenvalue weighted by molar-refractivity contribution is 0.162. The molecule has 0 heterocycles. The van der Waals surface area contributed by atoms with Crippen LogP contribution < -0.4 is 5.32 Å². The molecule has 12 heavy (non-hydrogen) atoms. The molecule has 72 valence electrons. The first-order chi connectivity index (χ1) is 5.66. The molecular weight excluding hydrogens is 176 g/mol. The summed E-state index contributed by atoms with van der Waals surface area (Å²) in [6, 6.07) is 0. The number of hydrogen-bond acceptors (Lipinski definition) is 3. The Balaban J connectivity index is 3.19. The van der Waals surface area contributed by atoms with E-state index in [1.165, 1.54) is 0 Å². The summed E-state index contributed by atoms with van der Waals surface area (Å²) >= 11 is 3.58. The Morgan fingerprint density at radius 1 is 1.58 bits per heavy atom. The summed E-state index contributed by atoms with van der Waals surface area (Å²) in [5.74, 6) is 0. The van der Waals surface area contributed by atoms with Gasteiger partial charge in [0.2, 0.25) is 0 Å². The summed E-state index contributed by atoms with van der Waals surface area (Å²) in [5.41, 5.74) is 0. The van der Waals surface area contributed by atoms with Gasteiger partial charge in [-0.1, -0.05) is 12.6 Å². The number of ether oxygens (including phenoxy) is 1. The van der Waals surface area contributed by atoms with Gasteiger partial charge < -0.3 is 15.0 Å². The molecule has 0 saturated heterocycles. The molecule has 0 aliphatic heterocycles. The van der Waals surface area contributed by atoms with E-state index in [-0.39, 0.29) is 5.24 Å². The largest absolute Gasteiger partial charge is 0.383 e. The zero-order chi connectivity index (χ0) is 9.40. The van der Waals surface area contributed by atoms with Gasteiger partial charge >= 0.3 is 0 Å². The zero-order valence-electron chi connectivity index (χ0n) is 7.54. The minimum absolute atomic E-state index is 0.282. The molecule has 0 aromatic rings. The van der Waals surface area contributed by atoms with Crippen LogP contribution in [0.4, 0.5) is 4.79 Å². The molecule has 1 N–H and O–H groups in total. The highest BCUT2D eigenvalue weighted by Gasteiger charge is 1.97. The third kappa shape index (κ3) is 7.84. The number of likely N-dealkylation sites (N-methyl/N-ethyl adjacent to an activating group) is 1. The number of carbonyl (C=O) groups is 1. The lowest BCUT2D eigenvalue weighted by Gasteiger charge is -2.15. The highest BCUT2D eigenvalue weighted by Crippen LogP contribution is 1.82. The number of methoxy groups -OCH3 is 1. The van der Waals surface area contributed by atoms with Crippen LogP contribution in [0.2, 0.25) is 0 Å². The quantitative estimate of drug-likeness (QED) is 0.591. The average molecular weight is 192 g/mol. The van der Waals surface area contributed by atoms with Crippen LogP contribution in [-0.2, 0) is 4.74 Å². The van der Waals surface area contributed by atoms with Crippen LogP contribution in [0.3, 0.4) is 0 Å². The molecular formula is C7H16N2O2S. The van der Waals surface area contributed by atoms with E-state index in [4.69, 9.17) is 4.74 Å². The van der Waals surface area contributed by atoms with Crippen LogP contribution in [0.15, 0.2) is 0 Å². The van der Waals surface area contributed by atoms with Crippen molar-refractivity contribution in [3.63, 3.8) is 0 Å². The highest BCUT2D eigenvalue weighted by molar-refractivity contribution is 7.96. The van der Waals surface area contributed by atoms with Crippen LogP contribution in [0.5, 0.6) is 0 Å². The maximum atomic E-state index is 10.3. The molecule has 0 fully saturated rings. The maximum Gasteiger partial charge on any atom is 0.276 e. The number of hydrogen-bond donors (Lipinski definition) is 2. The van der Waals surface area contributed by atoms with Crippen molar-refractivity contribution in [1.29, 1.82) is 0 Å². The molecule has 5 heteroatoms. The van der Waals surface area contributed by atoms with Gasteiger partial charge in [0.15, 0.2) is 0 Å². The lowest BCUT2D eigenvalue weighted by atomic mass is 10.5. The zero-order valence-corrected chi connectivity index (χ0v) is 8.43. The molecule has 0 aromatic carbocycles. The van der Waals surface area contributed by atoms with E-state index in [1.807, 2.05) is 7.05 Å². The van der Waals surface area contributed by atoms with E-state index < -0.39 is 0 Å². The molecule has 0 aliphatic carbocycles. The van der Waals surface area contributed by atoms with Crippen LogP contribution in [0, 0.1) is 0 Å². The van der Waals surface area contributed by atoms with Crippen molar-refractivity contribution < 1.29 is 9.53 Å². The summed E-state index contributed by atoms with van der Waals surface area (Å²) in [6.45, 7) is 3.03. The summed E-state index contributed by atoms with van der Waals surface area (Å²) < 4.78 is 4.90. The first-order valence-electron chi connectivity index (χ1n) is 3.81. The second-order valence-electron chi connectivity index (χ2n) is 2.53. The minimum Gasteiger partial charge on any atom is -0.383 e. The van der Waals surface area contributed by atoms with Crippen molar-refractivity contribution in [3.8, 4) is 0 Å². The van der Waals surface area contributed by atoms with Gasteiger partial charge in [0.05, 0.1) is 6.61 Å². The Morgan fingerprint density at radius 3 is 2.75 bits per heavy atom. The van der Waals surface area contributed by atoms with Gasteiger partial charge in [-0.05, 0) is 7.05 Å². The second kappa shape index (κ2) is 7.39. The van der Waals surface area contributed by atoms with Crippen molar-refractivity contribution in [2.75, 3.05) is 40.4 Å². The highest BCUT2D eigenvalue weighted by atomic mass is 32.1. The normalized spacial score (nSPS) is 10.3. The van der Waals surface area contributed by atoms with Gasteiger partial charge in [0, 0.05) is 26.7 Å². The van der Waals surface area contributed by atoms with Crippen LogP contribution in [-0.4, -0.2) is 50.5 Å². The molecule has 4 nitrogen and oxygen atoms in total. The molecule has 0 spiro atoms.